The minimum atomic E-state index is 0.357. The van der Waals surface area contributed by atoms with E-state index in [4.69, 9.17) is 0 Å². The van der Waals surface area contributed by atoms with Crippen LogP contribution in [0.15, 0.2) is 17.8 Å². The second kappa shape index (κ2) is 4.52. The molecule has 0 aliphatic carbocycles. The van der Waals surface area contributed by atoms with Crippen LogP contribution in [0, 0.1) is 6.92 Å². The van der Waals surface area contributed by atoms with Gasteiger partial charge >= 0.3 is 0 Å². The van der Waals surface area contributed by atoms with Crippen LogP contribution < -0.4 is 5.32 Å². The van der Waals surface area contributed by atoms with Crippen LogP contribution in [0.4, 0.5) is 5.82 Å². The van der Waals surface area contributed by atoms with Gasteiger partial charge < -0.3 is 9.88 Å². The lowest BCUT2D eigenvalue weighted by atomic mass is 10.1. The number of fused-ring (bicyclic) bond motifs is 2. The summed E-state index contributed by atoms with van der Waals surface area (Å²) in [6, 6.07) is 2.43. The molecular weight excluding hydrogens is 272 g/mol. The SMILES string of the molecule is Cc1nnc2n1CC(Nc1ncnc3sccc13)CC2. The molecule has 0 aromatic carbocycles. The fourth-order valence-electron chi connectivity index (χ4n) is 2.68. The molecule has 4 heterocycles. The number of anilines is 1. The van der Waals surface area contributed by atoms with Crippen molar-refractivity contribution in [2.24, 2.45) is 0 Å². The number of thiophene rings is 1. The van der Waals surface area contributed by atoms with E-state index < -0.39 is 0 Å². The van der Waals surface area contributed by atoms with Gasteiger partial charge in [-0.15, -0.1) is 21.5 Å². The van der Waals surface area contributed by atoms with Crippen molar-refractivity contribution in [2.45, 2.75) is 32.4 Å². The zero-order valence-corrected chi connectivity index (χ0v) is 11.9. The molecule has 0 spiro atoms. The topological polar surface area (TPSA) is 68.5 Å². The van der Waals surface area contributed by atoms with E-state index in [2.05, 4.69) is 36.1 Å². The predicted octanol–water partition coefficient (Wildman–Crippen LogP) is 2.02. The van der Waals surface area contributed by atoms with Crippen LogP contribution in [0.2, 0.25) is 0 Å². The summed E-state index contributed by atoms with van der Waals surface area (Å²) in [7, 11) is 0. The zero-order chi connectivity index (χ0) is 13.5. The number of aromatic nitrogens is 5. The number of rotatable bonds is 2. The Balaban J connectivity index is 1.61. The summed E-state index contributed by atoms with van der Waals surface area (Å²) in [6.07, 6.45) is 3.63. The van der Waals surface area contributed by atoms with Crippen molar-refractivity contribution >= 4 is 27.4 Å². The molecule has 1 aliphatic rings. The van der Waals surface area contributed by atoms with Crippen LogP contribution in [0.5, 0.6) is 0 Å². The van der Waals surface area contributed by atoms with Crippen molar-refractivity contribution < 1.29 is 0 Å². The van der Waals surface area contributed by atoms with E-state index in [1.54, 1.807) is 17.7 Å². The van der Waals surface area contributed by atoms with Gasteiger partial charge in [0.15, 0.2) is 0 Å². The van der Waals surface area contributed by atoms with Crippen LogP contribution in [0.1, 0.15) is 18.1 Å². The van der Waals surface area contributed by atoms with Crippen LogP contribution in [0.25, 0.3) is 10.2 Å². The number of hydrogen-bond acceptors (Lipinski definition) is 6. The van der Waals surface area contributed by atoms with E-state index in [1.807, 2.05) is 12.3 Å². The van der Waals surface area contributed by atoms with Crippen molar-refractivity contribution in [1.82, 2.24) is 24.7 Å². The van der Waals surface area contributed by atoms with Crippen molar-refractivity contribution in [1.29, 1.82) is 0 Å². The molecule has 1 unspecified atom stereocenters. The van der Waals surface area contributed by atoms with Gasteiger partial charge in [0.1, 0.15) is 28.6 Å². The third kappa shape index (κ3) is 1.85. The largest absolute Gasteiger partial charge is 0.365 e. The standard InChI is InChI=1S/C13H14N6S/c1-8-17-18-11-3-2-9(6-19(8)11)16-12-10-4-5-20-13(10)15-7-14-12/h4-5,7,9H,2-3,6H2,1H3,(H,14,15,16). The molecule has 1 aliphatic heterocycles. The molecule has 7 heteroatoms. The third-order valence-corrected chi connectivity index (χ3v) is 4.56. The Morgan fingerprint density at radius 3 is 3.25 bits per heavy atom. The first-order valence-electron chi connectivity index (χ1n) is 6.64. The Hall–Kier alpha value is -2.02. The minimum Gasteiger partial charge on any atom is -0.365 e. The van der Waals surface area contributed by atoms with Gasteiger partial charge in [0.05, 0.1) is 5.39 Å². The first-order valence-corrected chi connectivity index (χ1v) is 7.52. The quantitative estimate of drug-likeness (QED) is 0.780. The molecule has 3 aromatic heterocycles. The van der Waals surface area contributed by atoms with Crippen LogP contribution in [-0.4, -0.2) is 30.8 Å². The van der Waals surface area contributed by atoms with Crippen molar-refractivity contribution in [3.05, 3.63) is 29.4 Å². The summed E-state index contributed by atoms with van der Waals surface area (Å²) in [5.74, 6) is 2.99. The second-order valence-corrected chi connectivity index (χ2v) is 5.91. The average Bonchev–Trinajstić information content (AvgIpc) is 3.07. The molecule has 6 nitrogen and oxygen atoms in total. The minimum absolute atomic E-state index is 0.357. The average molecular weight is 286 g/mol. The van der Waals surface area contributed by atoms with Crippen molar-refractivity contribution in [2.75, 3.05) is 5.32 Å². The molecule has 0 amide bonds. The van der Waals surface area contributed by atoms with E-state index in [0.717, 1.165) is 47.1 Å². The lowest BCUT2D eigenvalue weighted by molar-refractivity contribution is 0.469. The molecule has 0 bridgehead atoms. The first-order chi connectivity index (χ1) is 9.81. The van der Waals surface area contributed by atoms with E-state index in [1.165, 1.54) is 0 Å². The van der Waals surface area contributed by atoms with Gasteiger partial charge in [-0.1, -0.05) is 0 Å². The fraction of sp³-hybridized carbons (Fsp3) is 0.385. The molecule has 0 fully saturated rings. The van der Waals surface area contributed by atoms with Gasteiger partial charge in [-0.05, 0) is 24.8 Å². The monoisotopic (exact) mass is 286 g/mol. The highest BCUT2D eigenvalue weighted by molar-refractivity contribution is 7.16. The molecule has 3 aromatic rings. The highest BCUT2D eigenvalue weighted by Gasteiger charge is 2.22. The van der Waals surface area contributed by atoms with Crippen molar-refractivity contribution in [3.8, 4) is 0 Å². The predicted molar refractivity (Wildman–Crippen MR) is 77.9 cm³/mol. The van der Waals surface area contributed by atoms with Gasteiger partial charge in [-0.2, -0.15) is 0 Å². The summed E-state index contributed by atoms with van der Waals surface area (Å²) < 4.78 is 2.19. The number of nitrogens with zero attached hydrogens (tertiary/aromatic N) is 5. The molecule has 102 valence electrons. The number of aryl methyl sites for hydroxylation is 2. The zero-order valence-electron chi connectivity index (χ0n) is 11.1. The molecule has 4 rings (SSSR count). The molecule has 1 N–H and O–H groups in total. The maximum Gasteiger partial charge on any atom is 0.138 e. The third-order valence-electron chi connectivity index (χ3n) is 3.73. The maximum atomic E-state index is 4.38. The summed E-state index contributed by atoms with van der Waals surface area (Å²) in [6.45, 7) is 2.89. The van der Waals surface area contributed by atoms with Crippen LogP contribution in [-0.2, 0) is 13.0 Å². The van der Waals surface area contributed by atoms with E-state index >= 15 is 0 Å². The van der Waals surface area contributed by atoms with Gasteiger partial charge in [0, 0.05) is 19.0 Å². The molecule has 0 saturated carbocycles. The first kappa shape index (κ1) is 11.8. The molecular formula is C13H14N6S. The molecule has 0 radical (unpaired) electrons. The number of nitrogens with one attached hydrogen (secondary N) is 1. The molecule has 1 atom stereocenters. The van der Waals surface area contributed by atoms with Gasteiger partial charge in [0.25, 0.3) is 0 Å². The van der Waals surface area contributed by atoms with E-state index in [0.29, 0.717) is 6.04 Å². The van der Waals surface area contributed by atoms with Crippen molar-refractivity contribution in [3.63, 3.8) is 0 Å². The van der Waals surface area contributed by atoms with Crippen LogP contribution in [0.3, 0.4) is 0 Å². The van der Waals surface area contributed by atoms with E-state index in [9.17, 15) is 0 Å². The maximum absolute atomic E-state index is 4.38. The summed E-state index contributed by atoms with van der Waals surface area (Å²) >= 11 is 1.64. The number of hydrogen-bond donors (Lipinski definition) is 1. The molecule has 20 heavy (non-hydrogen) atoms. The highest BCUT2D eigenvalue weighted by atomic mass is 32.1. The summed E-state index contributed by atoms with van der Waals surface area (Å²) in [4.78, 5) is 9.69. The van der Waals surface area contributed by atoms with Gasteiger partial charge in [0.2, 0.25) is 0 Å². The normalized spacial score (nSPS) is 18.1. The Kier molecular flexibility index (Phi) is 2.66. The Morgan fingerprint density at radius 2 is 2.30 bits per heavy atom. The summed E-state index contributed by atoms with van der Waals surface area (Å²) in [5.41, 5.74) is 0. The summed E-state index contributed by atoms with van der Waals surface area (Å²) in [5, 5.41) is 15.0. The fourth-order valence-corrected chi connectivity index (χ4v) is 3.41. The van der Waals surface area contributed by atoms with Crippen LogP contribution >= 0.6 is 11.3 Å². The van der Waals surface area contributed by atoms with Gasteiger partial charge in [-0.25, -0.2) is 9.97 Å². The molecule has 0 saturated heterocycles. The Bertz CT molecular complexity index is 761. The van der Waals surface area contributed by atoms with Gasteiger partial charge in [-0.3, -0.25) is 0 Å². The van der Waals surface area contributed by atoms with E-state index in [-0.39, 0.29) is 0 Å². The Morgan fingerprint density at radius 1 is 1.35 bits per heavy atom. The highest BCUT2D eigenvalue weighted by Crippen LogP contribution is 2.26. The second-order valence-electron chi connectivity index (χ2n) is 5.02. The lowest BCUT2D eigenvalue weighted by Gasteiger charge is -2.25. The lowest BCUT2D eigenvalue weighted by Crippen LogP contribution is -2.32. The smallest absolute Gasteiger partial charge is 0.138 e. The Labute approximate surface area is 119 Å².